The number of nitrogens with one attached hydrogen (secondary N) is 4. The van der Waals surface area contributed by atoms with Crippen molar-refractivity contribution >= 4 is 39.0 Å². The SMILES string of the molecule is Cc1ccc(NC(=O)c2ccc(NC(=O)NC(C)C)cc2)cc1S(=O)(=O)Nc1ccccc1F. The van der Waals surface area contributed by atoms with Crippen LogP contribution in [0, 0.1) is 12.7 Å². The van der Waals surface area contributed by atoms with Gasteiger partial charge in [0.25, 0.3) is 15.9 Å². The van der Waals surface area contributed by atoms with E-state index in [-0.39, 0.29) is 28.3 Å². The number of hydrogen-bond acceptors (Lipinski definition) is 4. The Kier molecular flexibility index (Phi) is 7.52. The number of benzene rings is 3. The third kappa shape index (κ3) is 6.32. The summed E-state index contributed by atoms with van der Waals surface area (Å²) in [6, 6.07) is 15.7. The highest BCUT2D eigenvalue weighted by atomic mass is 32.2. The molecular weight excluding hydrogens is 459 g/mol. The average molecular weight is 485 g/mol. The van der Waals surface area contributed by atoms with Gasteiger partial charge in [-0.05, 0) is 74.9 Å². The lowest BCUT2D eigenvalue weighted by Crippen LogP contribution is -2.34. The molecule has 0 aliphatic heterocycles. The lowest BCUT2D eigenvalue weighted by Gasteiger charge is -2.13. The summed E-state index contributed by atoms with van der Waals surface area (Å²) >= 11 is 0. The van der Waals surface area contributed by atoms with E-state index in [1.54, 1.807) is 31.2 Å². The maximum atomic E-state index is 13.9. The van der Waals surface area contributed by atoms with Gasteiger partial charge in [0.15, 0.2) is 0 Å². The number of carbonyl (C=O) groups excluding carboxylic acids is 2. The summed E-state index contributed by atoms with van der Waals surface area (Å²) in [4.78, 5) is 24.3. The molecule has 178 valence electrons. The van der Waals surface area contributed by atoms with Gasteiger partial charge in [0.2, 0.25) is 0 Å². The Bertz CT molecular complexity index is 1310. The number of amides is 3. The molecule has 3 amide bonds. The normalized spacial score (nSPS) is 11.1. The van der Waals surface area contributed by atoms with Crippen LogP contribution in [0.25, 0.3) is 0 Å². The van der Waals surface area contributed by atoms with Crippen LogP contribution in [0.2, 0.25) is 0 Å². The van der Waals surface area contributed by atoms with Gasteiger partial charge in [0, 0.05) is 23.0 Å². The zero-order valence-corrected chi connectivity index (χ0v) is 19.7. The Morgan fingerprint density at radius 2 is 1.53 bits per heavy atom. The van der Waals surface area contributed by atoms with Crippen LogP contribution in [0.15, 0.2) is 71.6 Å². The van der Waals surface area contributed by atoms with E-state index in [2.05, 4.69) is 20.7 Å². The fraction of sp³-hybridized carbons (Fsp3) is 0.167. The number of hydrogen-bond donors (Lipinski definition) is 4. The van der Waals surface area contributed by atoms with Crippen molar-refractivity contribution in [3.05, 3.63) is 83.7 Å². The Hall–Kier alpha value is -3.92. The number of sulfonamides is 1. The van der Waals surface area contributed by atoms with E-state index in [1.165, 1.54) is 36.4 Å². The quantitative estimate of drug-likeness (QED) is 0.388. The van der Waals surface area contributed by atoms with Crippen LogP contribution < -0.4 is 20.7 Å². The fourth-order valence-electron chi connectivity index (χ4n) is 3.05. The van der Waals surface area contributed by atoms with Crippen molar-refractivity contribution in [2.45, 2.75) is 31.7 Å². The Morgan fingerprint density at radius 1 is 0.882 bits per heavy atom. The van der Waals surface area contributed by atoms with Gasteiger partial charge in [0.1, 0.15) is 5.82 Å². The second-order valence-electron chi connectivity index (χ2n) is 7.85. The third-order valence-electron chi connectivity index (χ3n) is 4.68. The fourth-order valence-corrected chi connectivity index (χ4v) is 4.39. The first-order valence-corrected chi connectivity index (χ1v) is 11.9. The monoisotopic (exact) mass is 484 g/mol. The van der Waals surface area contributed by atoms with Crippen molar-refractivity contribution < 1.29 is 22.4 Å². The number of rotatable bonds is 7. The van der Waals surface area contributed by atoms with E-state index < -0.39 is 21.7 Å². The number of anilines is 3. The maximum Gasteiger partial charge on any atom is 0.319 e. The van der Waals surface area contributed by atoms with Crippen LogP contribution in [0.4, 0.5) is 26.2 Å². The summed E-state index contributed by atoms with van der Waals surface area (Å²) in [5, 5.41) is 8.01. The van der Waals surface area contributed by atoms with Gasteiger partial charge in [-0.15, -0.1) is 0 Å². The highest BCUT2D eigenvalue weighted by Crippen LogP contribution is 2.24. The molecule has 0 atom stereocenters. The minimum absolute atomic E-state index is 0.0184. The lowest BCUT2D eigenvalue weighted by molar-refractivity contribution is 0.102. The van der Waals surface area contributed by atoms with Crippen LogP contribution in [-0.4, -0.2) is 26.4 Å². The first kappa shape index (κ1) is 24.7. The number of para-hydroxylation sites is 1. The molecule has 8 nitrogen and oxygen atoms in total. The number of halogens is 1. The van der Waals surface area contributed by atoms with E-state index >= 15 is 0 Å². The van der Waals surface area contributed by atoms with Crippen molar-refractivity contribution in [3.8, 4) is 0 Å². The first-order chi connectivity index (χ1) is 16.0. The summed E-state index contributed by atoms with van der Waals surface area (Å²) in [6.45, 7) is 5.28. The zero-order valence-electron chi connectivity index (χ0n) is 18.8. The highest BCUT2D eigenvalue weighted by Gasteiger charge is 2.20. The van der Waals surface area contributed by atoms with E-state index in [4.69, 9.17) is 0 Å². The molecule has 0 aliphatic rings. The van der Waals surface area contributed by atoms with Crippen molar-refractivity contribution in [2.75, 3.05) is 15.4 Å². The number of urea groups is 1. The molecule has 3 rings (SSSR count). The van der Waals surface area contributed by atoms with Gasteiger partial charge >= 0.3 is 6.03 Å². The largest absolute Gasteiger partial charge is 0.336 e. The Morgan fingerprint density at radius 3 is 2.18 bits per heavy atom. The molecule has 4 N–H and O–H groups in total. The van der Waals surface area contributed by atoms with Gasteiger partial charge in [-0.3, -0.25) is 9.52 Å². The van der Waals surface area contributed by atoms with E-state index in [0.29, 0.717) is 16.8 Å². The summed E-state index contributed by atoms with van der Waals surface area (Å²) in [5.74, 6) is -1.17. The maximum absolute atomic E-state index is 13.9. The van der Waals surface area contributed by atoms with Gasteiger partial charge in [0.05, 0.1) is 10.6 Å². The highest BCUT2D eigenvalue weighted by molar-refractivity contribution is 7.92. The number of aryl methyl sites for hydroxylation is 1. The molecule has 0 saturated heterocycles. The molecule has 3 aromatic carbocycles. The topological polar surface area (TPSA) is 116 Å². The summed E-state index contributed by atoms with van der Waals surface area (Å²) in [7, 11) is -4.10. The standard InChI is InChI=1S/C24H25FN4O4S/c1-15(2)26-24(31)28-18-12-9-17(10-13-18)23(30)27-19-11-8-16(3)22(14-19)34(32,33)29-21-7-5-4-6-20(21)25/h4-15,29H,1-3H3,(H,27,30)(H2,26,28,31). The van der Waals surface area contributed by atoms with Gasteiger partial charge in [-0.25, -0.2) is 17.6 Å². The number of carbonyl (C=O) groups is 2. The van der Waals surface area contributed by atoms with Crippen molar-refractivity contribution in [2.24, 2.45) is 0 Å². The van der Waals surface area contributed by atoms with E-state index in [0.717, 1.165) is 6.07 Å². The van der Waals surface area contributed by atoms with Crippen molar-refractivity contribution in [3.63, 3.8) is 0 Å². The van der Waals surface area contributed by atoms with Crippen molar-refractivity contribution in [1.82, 2.24) is 5.32 Å². The molecule has 0 unspecified atom stereocenters. The zero-order chi connectivity index (χ0) is 24.9. The smallest absolute Gasteiger partial charge is 0.319 e. The minimum Gasteiger partial charge on any atom is -0.336 e. The molecule has 0 radical (unpaired) electrons. The Labute approximate surface area is 197 Å². The molecule has 0 saturated carbocycles. The van der Waals surface area contributed by atoms with E-state index in [9.17, 15) is 22.4 Å². The van der Waals surface area contributed by atoms with Crippen LogP contribution >= 0.6 is 0 Å². The minimum atomic E-state index is -4.10. The van der Waals surface area contributed by atoms with E-state index in [1.807, 2.05) is 13.8 Å². The molecule has 0 fully saturated rings. The lowest BCUT2D eigenvalue weighted by atomic mass is 10.1. The summed E-state index contributed by atoms with van der Waals surface area (Å²) < 4.78 is 41.8. The molecule has 10 heteroatoms. The van der Waals surface area contributed by atoms with Crippen molar-refractivity contribution in [1.29, 1.82) is 0 Å². The molecule has 0 aromatic heterocycles. The second-order valence-corrected chi connectivity index (χ2v) is 9.50. The third-order valence-corrected chi connectivity index (χ3v) is 6.19. The first-order valence-electron chi connectivity index (χ1n) is 10.4. The van der Waals surface area contributed by atoms with Crippen LogP contribution in [0.5, 0.6) is 0 Å². The average Bonchev–Trinajstić information content (AvgIpc) is 2.76. The second kappa shape index (κ2) is 10.3. The van der Waals surface area contributed by atoms with Crippen LogP contribution in [-0.2, 0) is 10.0 Å². The summed E-state index contributed by atoms with van der Waals surface area (Å²) in [5.41, 5.74) is 1.33. The molecule has 0 aliphatic carbocycles. The van der Waals surface area contributed by atoms with Crippen LogP contribution in [0.1, 0.15) is 29.8 Å². The van der Waals surface area contributed by atoms with Gasteiger partial charge in [-0.2, -0.15) is 0 Å². The summed E-state index contributed by atoms with van der Waals surface area (Å²) in [6.07, 6.45) is 0. The molecule has 0 spiro atoms. The molecule has 34 heavy (non-hydrogen) atoms. The van der Waals surface area contributed by atoms with Gasteiger partial charge in [-0.1, -0.05) is 18.2 Å². The molecule has 3 aromatic rings. The Balaban J connectivity index is 1.74. The molecule has 0 bridgehead atoms. The predicted molar refractivity (Wildman–Crippen MR) is 130 cm³/mol. The van der Waals surface area contributed by atoms with Gasteiger partial charge < -0.3 is 16.0 Å². The van der Waals surface area contributed by atoms with Crippen LogP contribution in [0.3, 0.4) is 0 Å². The molecular formula is C24H25FN4O4S. The molecule has 0 heterocycles. The predicted octanol–water partition coefficient (Wildman–Crippen LogP) is 4.72.